The van der Waals surface area contributed by atoms with Gasteiger partial charge in [-0.15, -0.1) is 0 Å². The summed E-state index contributed by atoms with van der Waals surface area (Å²) in [6.45, 7) is 3.61. The van der Waals surface area contributed by atoms with E-state index in [2.05, 4.69) is 31.2 Å². The van der Waals surface area contributed by atoms with E-state index < -0.39 is 5.41 Å². The Hall–Kier alpha value is -1.13. The summed E-state index contributed by atoms with van der Waals surface area (Å²) in [5.41, 5.74) is -0.742. The van der Waals surface area contributed by atoms with E-state index in [0.717, 1.165) is 32.1 Å². The third-order valence-corrected chi connectivity index (χ3v) is 4.68. The highest BCUT2D eigenvalue weighted by Gasteiger charge is 2.24. The lowest BCUT2D eigenvalue weighted by Crippen LogP contribution is -2.32. The predicted molar refractivity (Wildman–Crippen MR) is 113 cm³/mol. The highest BCUT2D eigenvalue weighted by molar-refractivity contribution is 5.69. The Morgan fingerprint density at radius 2 is 1.41 bits per heavy atom. The van der Waals surface area contributed by atoms with Gasteiger partial charge in [0, 0.05) is 11.8 Å². The molecule has 0 aliphatic heterocycles. The van der Waals surface area contributed by atoms with E-state index in [1.165, 1.54) is 38.5 Å². The summed E-state index contributed by atoms with van der Waals surface area (Å²) in [6, 6.07) is 0. The van der Waals surface area contributed by atoms with Gasteiger partial charge in [-0.3, -0.25) is 4.79 Å². The average molecular weight is 383 g/mol. The van der Waals surface area contributed by atoms with Crippen LogP contribution in [0, 0.1) is 5.41 Å². The van der Waals surface area contributed by atoms with Crippen molar-refractivity contribution >= 4 is 5.97 Å². The molecule has 27 heavy (non-hydrogen) atoms. The fourth-order valence-electron chi connectivity index (χ4n) is 2.55. The van der Waals surface area contributed by atoms with Gasteiger partial charge >= 0.3 is 5.97 Å². The summed E-state index contributed by atoms with van der Waals surface area (Å²) in [6.07, 6.45) is 22.2. The molecule has 4 nitrogen and oxygen atoms in total. The minimum Gasteiger partial charge on any atom is -0.465 e. The van der Waals surface area contributed by atoms with Crippen LogP contribution < -0.4 is 0 Å². The van der Waals surface area contributed by atoms with Gasteiger partial charge in [-0.05, 0) is 38.5 Å². The first-order valence-electron chi connectivity index (χ1n) is 10.8. The van der Waals surface area contributed by atoms with Crippen LogP contribution in [0.4, 0.5) is 0 Å². The quantitative estimate of drug-likeness (QED) is 0.191. The van der Waals surface area contributed by atoms with Crippen LogP contribution in [0.25, 0.3) is 0 Å². The monoisotopic (exact) mass is 382 g/mol. The molecule has 158 valence electrons. The molecular weight excluding hydrogens is 340 g/mol. The summed E-state index contributed by atoms with van der Waals surface area (Å²) in [7, 11) is 0. The van der Waals surface area contributed by atoms with Gasteiger partial charge in [-0.1, -0.05) is 70.3 Å². The second-order valence-corrected chi connectivity index (χ2v) is 7.77. The van der Waals surface area contributed by atoms with Crippen molar-refractivity contribution in [1.29, 1.82) is 0 Å². The summed E-state index contributed by atoms with van der Waals surface area (Å²) in [5.74, 6) is -0.242. The average Bonchev–Trinajstić information content (AvgIpc) is 2.69. The molecule has 0 heterocycles. The third-order valence-electron chi connectivity index (χ3n) is 4.68. The van der Waals surface area contributed by atoms with Crippen molar-refractivity contribution in [3.05, 3.63) is 24.3 Å². The summed E-state index contributed by atoms with van der Waals surface area (Å²) >= 11 is 0. The number of aliphatic hydroxyl groups is 2. The van der Waals surface area contributed by atoms with Crippen molar-refractivity contribution < 1.29 is 19.7 Å². The molecule has 0 radical (unpaired) electrons. The van der Waals surface area contributed by atoms with Crippen LogP contribution in [0.15, 0.2) is 24.3 Å². The fourth-order valence-corrected chi connectivity index (χ4v) is 2.55. The normalized spacial score (nSPS) is 12.3. The molecule has 0 fully saturated rings. The second kappa shape index (κ2) is 18.2. The van der Waals surface area contributed by atoms with E-state index in [0.29, 0.717) is 6.42 Å². The molecule has 0 amide bonds. The molecule has 0 bridgehead atoms. The molecule has 0 aromatic heterocycles. The van der Waals surface area contributed by atoms with Gasteiger partial charge < -0.3 is 14.9 Å². The Kier molecular flexibility index (Phi) is 17.5. The lowest BCUT2D eigenvalue weighted by molar-refractivity contribution is -0.149. The maximum Gasteiger partial charge on any atom is 0.305 e. The number of hydrogen-bond acceptors (Lipinski definition) is 4. The van der Waals surface area contributed by atoms with E-state index in [-0.39, 0.29) is 25.8 Å². The molecule has 0 saturated heterocycles. The molecule has 0 aromatic carbocycles. The van der Waals surface area contributed by atoms with Gasteiger partial charge in [-0.25, -0.2) is 0 Å². The number of aliphatic hydroxyl groups excluding tert-OH is 2. The smallest absolute Gasteiger partial charge is 0.305 e. The molecule has 2 N–H and O–H groups in total. The van der Waals surface area contributed by atoms with E-state index in [9.17, 15) is 4.79 Å². The Balaban J connectivity index is 3.44. The molecule has 0 unspecified atom stereocenters. The van der Waals surface area contributed by atoms with Crippen molar-refractivity contribution in [3.8, 4) is 0 Å². The van der Waals surface area contributed by atoms with E-state index >= 15 is 0 Å². The summed E-state index contributed by atoms with van der Waals surface area (Å²) in [5, 5.41) is 18.3. The number of carbonyl (C=O) groups is 1. The van der Waals surface area contributed by atoms with Crippen molar-refractivity contribution in [2.75, 3.05) is 19.8 Å². The number of hydrogen-bond donors (Lipinski definition) is 2. The van der Waals surface area contributed by atoms with E-state index in [4.69, 9.17) is 14.9 Å². The summed E-state index contributed by atoms with van der Waals surface area (Å²) < 4.78 is 5.13. The van der Waals surface area contributed by atoms with Crippen LogP contribution in [0.2, 0.25) is 0 Å². The zero-order valence-corrected chi connectivity index (χ0v) is 17.6. The lowest BCUT2D eigenvalue weighted by Gasteiger charge is -2.23. The zero-order valence-electron chi connectivity index (χ0n) is 17.6. The number of carbonyl (C=O) groups excluding carboxylic acids is 1. The Bertz CT molecular complexity index is 397. The Morgan fingerprint density at radius 3 is 2.00 bits per heavy atom. The van der Waals surface area contributed by atoms with Crippen LogP contribution in [-0.4, -0.2) is 36.0 Å². The van der Waals surface area contributed by atoms with Crippen molar-refractivity contribution in [1.82, 2.24) is 0 Å². The number of rotatable bonds is 18. The van der Waals surface area contributed by atoms with Gasteiger partial charge in [-0.2, -0.15) is 0 Å². The van der Waals surface area contributed by atoms with E-state index in [1.54, 1.807) is 6.92 Å². The minimum absolute atomic E-state index is 0.0685. The predicted octanol–water partition coefficient (Wildman–Crippen LogP) is 5.33. The van der Waals surface area contributed by atoms with Crippen molar-refractivity contribution in [2.45, 2.75) is 90.9 Å². The van der Waals surface area contributed by atoms with Gasteiger partial charge in [0.1, 0.15) is 6.61 Å². The highest BCUT2D eigenvalue weighted by atomic mass is 16.5. The molecular formula is C23H42O4. The number of allylic oxidation sites excluding steroid dienone is 4. The molecule has 0 atom stereocenters. The minimum atomic E-state index is -0.742. The van der Waals surface area contributed by atoms with E-state index in [1.807, 2.05) is 0 Å². The number of unbranched alkanes of at least 4 members (excludes halogenated alkanes) is 8. The van der Waals surface area contributed by atoms with Crippen LogP contribution in [0.1, 0.15) is 90.9 Å². The Labute approximate surface area is 166 Å². The highest BCUT2D eigenvalue weighted by Crippen LogP contribution is 2.15. The van der Waals surface area contributed by atoms with Crippen LogP contribution in [-0.2, 0) is 9.53 Å². The van der Waals surface area contributed by atoms with Gasteiger partial charge in [0.05, 0.1) is 13.2 Å². The van der Waals surface area contributed by atoms with Gasteiger partial charge in [0.15, 0.2) is 0 Å². The first kappa shape index (κ1) is 25.9. The fraction of sp³-hybridized carbons (Fsp3) is 0.783. The molecule has 4 heteroatoms. The summed E-state index contributed by atoms with van der Waals surface area (Å²) in [4.78, 5) is 11.7. The Morgan fingerprint density at radius 1 is 0.852 bits per heavy atom. The largest absolute Gasteiger partial charge is 0.465 e. The topological polar surface area (TPSA) is 66.8 Å². The molecule has 0 rings (SSSR count). The standard InChI is InChI=1S/C23H42O4/c1-3-4-5-6-7-8-9-10-11-12-13-14-15-16-17-18-22(26)27-21-23(2,19-24)20-25/h7-8,10-11,24-25H,3-6,9,12-21H2,1-2H3/b8-7-,11-10-. The molecule has 0 aliphatic rings. The first-order valence-corrected chi connectivity index (χ1v) is 10.8. The maximum atomic E-state index is 11.7. The SMILES string of the molecule is CCCCC/C=C\C/C=C\CCCCCCCC(=O)OCC(C)(CO)CO. The molecule has 0 saturated carbocycles. The van der Waals surface area contributed by atoms with Gasteiger partial charge in [0.2, 0.25) is 0 Å². The third kappa shape index (κ3) is 16.7. The van der Waals surface area contributed by atoms with Crippen LogP contribution in [0.5, 0.6) is 0 Å². The molecule has 0 aliphatic carbocycles. The zero-order chi connectivity index (χ0) is 20.2. The van der Waals surface area contributed by atoms with Crippen LogP contribution >= 0.6 is 0 Å². The molecule has 0 spiro atoms. The second-order valence-electron chi connectivity index (χ2n) is 7.77. The van der Waals surface area contributed by atoms with Gasteiger partial charge in [0.25, 0.3) is 0 Å². The van der Waals surface area contributed by atoms with Crippen molar-refractivity contribution in [3.63, 3.8) is 0 Å². The number of esters is 1. The van der Waals surface area contributed by atoms with Crippen LogP contribution in [0.3, 0.4) is 0 Å². The lowest BCUT2D eigenvalue weighted by atomic mass is 9.94. The first-order chi connectivity index (χ1) is 13.1. The maximum absolute atomic E-state index is 11.7. The van der Waals surface area contributed by atoms with Crippen molar-refractivity contribution in [2.24, 2.45) is 5.41 Å². The number of ether oxygens (including phenoxy) is 1. The molecule has 0 aromatic rings.